The van der Waals surface area contributed by atoms with Crippen LogP contribution in [0.25, 0.3) is 11.3 Å². The summed E-state index contributed by atoms with van der Waals surface area (Å²) in [6, 6.07) is 16.0. The highest BCUT2D eigenvalue weighted by molar-refractivity contribution is 7.09. The first-order chi connectivity index (χ1) is 12.2. The molecule has 0 saturated heterocycles. The van der Waals surface area contributed by atoms with Gasteiger partial charge in [-0.15, -0.1) is 11.3 Å². The van der Waals surface area contributed by atoms with Gasteiger partial charge in [0.05, 0.1) is 11.3 Å². The molecule has 0 N–H and O–H groups in total. The largest absolute Gasteiger partial charge is 0.316 e. The number of amides is 1. The van der Waals surface area contributed by atoms with Crippen LogP contribution in [0.4, 0.5) is 4.39 Å². The van der Waals surface area contributed by atoms with E-state index in [1.165, 1.54) is 23.5 Å². The van der Waals surface area contributed by atoms with Crippen molar-refractivity contribution in [3.8, 4) is 11.3 Å². The first-order valence-electron chi connectivity index (χ1n) is 8.27. The minimum Gasteiger partial charge on any atom is -0.316 e. The molecule has 3 nitrogen and oxygen atoms in total. The van der Waals surface area contributed by atoms with Gasteiger partial charge in [-0.25, -0.2) is 4.39 Å². The molecule has 128 valence electrons. The monoisotopic (exact) mass is 354 g/mol. The fourth-order valence-electron chi connectivity index (χ4n) is 2.77. The molecule has 3 rings (SSSR count). The fraction of sp³-hybridized carbons (Fsp3) is 0.200. The van der Waals surface area contributed by atoms with Crippen LogP contribution < -0.4 is 4.80 Å². The smallest absolute Gasteiger partial charge is 0.282 e. The van der Waals surface area contributed by atoms with E-state index in [0.29, 0.717) is 11.3 Å². The van der Waals surface area contributed by atoms with Gasteiger partial charge in [0.25, 0.3) is 5.91 Å². The second-order valence-electron chi connectivity index (χ2n) is 5.52. The number of aromatic nitrogens is 1. The number of carbonyl (C=O) groups excluding carboxylic acids is 1. The molecule has 1 amide bonds. The Balaban J connectivity index is 2.16. The van der Waals surface area contributed by atoms with Crippen LogP contribution in [0.1, 0.15) is 29.1 Å². The first-order valence-corrected chi connectivity index (χ1v) is 9.08. The van der Waals surface area contributed by atoms with Crippen molar-refractivity contribution in [2.24, 2.45) is 4.99 Å². The van der Waals surface area contributed by atoms with Crippen LogP contribution in [0.5, 0.6) is 0 Å². The third kappa shape index (κ3) is 3.46. The van der Waals surface area contributed by atoms with E-state index < -0.39 is 11.7 Å². The third-order valence-corrected chi connectivity index (χ3v) is 5.19. The summed E-state index contributed by atoms with van der Waals surface area (Å²) in [5, 5.41) is 0. The molecule has 0 aliphatic carbocycles. The van der Waals surface area contributed by atoms with Crippen molar-refractivity contribution in [2.75, 3.05) is 0 Å². The Morgan fingerprint density at radius 2 is 1.76 bits per heavy atom. The molecule has 1 aromatic heterocycles. The van der Waals surface area contributed by atoms with Crippen molar-refractivity contribution in [1.82, 2.24) is 4.57 Å². The Morgan fingerprint density at radius 3 is 2.40 bits per heavy atom. The molecule has 0 spiro atoms. The standard InChI is InChI=1S/C20H19FN2OS/c1-3-17-18(14-10-6-5-7-11-14)23(4-2)20(25-17)22-19(24)15-12-8-9-13-16(15)21/h5-13H,3-4H2,1-2H3. The summed E-state index contributed by atoms with van der Waals surface area (Å²) in [6.45, 7) is 4.79. The van der Waals surface area contributed by atoms with Gasteiger partial charge >= 0.3 is 0 Å². The normalized spacial score (nSPS) is 11.7. The van der Waals surface area contributed by atoms with Gasteiger partial charge in [-0.2, -0.15) is 4.99 Å². The maximum atomic E-state index is 13.9. The van der Waals surface area contributed by atoms with Gasteiger partial charge in [0.15, 0.2) is 4.80 Å². The molecule has 0 unspecified atom stereocenters. The van der Waals surface area contributed by atoms with Gasteiger partial charge in [-0.3, -0.25) is 4.79 Å². The number of aryl methyl sites for hydroxylation is 1. The highest BCUT2D eigenvalue weighted by Gasteiger charge is 2.15. The molecule has 0 aliphatic heterocycles. The van der Waals surface area contributed by atoms with E-state index in [0.717, 1.165) is 22.6 Å². The Hall–Kier alpha value is -2.53. The average Bonchev–Trinajstić information content (AvgIpc) is 3.00. The van der Waals surface area contributed by atoms with Gasteiger partial charge in [-0.05, 0) is 31.0 Å². The summed E-state index contributed by atoms with van der Waals surface area (Å²) in [5.74, 6) is -1.10. The minimum atomic E-state index is -0.552. The predicted octanol–water partition coefficient (Wildman–Crippen LogP) is 4.68. The number of halogens is 1. The van der Waals surface area contributed by atoms with Crippen LogP contribution in [-0.4, -0.2) is 10.5 Å². The molecule has 0 aliphatic rings. The van der Waals surface area contributed by atoms with Crippen LogP contribution >= 0.6 is 11.3 Å². The van der Waals surface area contributed by atoms with Gasteiger partial charge in [0.2, 0.25) is 0 Å². The summed E-state index contributed by atoms with van der Waals surface area (Å²) >= 11 is 1.49. The maximum Gasteiger partial charge on any atom is 0.282 e. The van der Waals surface area contributed by atoms with Crippen molar-refractivity contribution < 1.29 is 9.18 Å². The predicted molar refractivity (Wildman–Crippen MR) is 99.1 cm³/mol. The lowest BCUT2D eigenvalue weighted by Gasteiger charge is -2.08. The van der Waals surface area contributed by atoms with Crippen LogP contribution in [0.2, 0.25) is 0 Å². The molecule has 2 aromatic carbocycles. The summed E-state index contributed by atoms with van der Waals surface area (Å²) in [6.07, 6.45) is 0.846. The highest BCUT2D eigenvalue weighted by Crippen LogP contribution is 2.26. The number of rotatable bonds is 4. The summed E-state index contributed by atoms with van der Waals surface area (Å²) in [5.41, 5.74) is 2.17. The van der Waals surface area contributed by atoms with Gasteiger partial charge < -0.3 is 4.57 Å². The van der Waals surface area contributed by atoms with Crippen molar-refractivity contribution in [3.05, 3.63) is 75.7 Å². The van der Waals surface area contributed by atoms with E-state index >= 15 is 0 Å². The SMILES string of the molecule is CCc1sc(=NC(=O)c2ccccc2F)n(CC)c1-c1ccccc1. The van der Waals surface area contributed by atoms with E-state index in [-0.39, 0.29) is 5.56 Å². The zero-order valence-electron chi connectivity index (χ0n) is 14.2. The molecule has 3 aromatic rings. The number of carbonyl (C=O) groups is 1. The van der Waals surface area contributed by atoms with E-state index in [4.69, 9.17) is 0 Å². The Bertz CT molecular complexity index is 957. The summed E-state index contributed by atoms with van der Waals surface area (Å²) in [7, 11) is 0. The lowest BCUT2D eigenvalue weighted by Crippen LogP contribution is -2.17. The molecule has 0 radical (unpaired) electrons. The average molecular weight is 354 g/mol. The van der Waals surface area contributed by atoms with Crippen molar-refractivity contribution in [3.63, 3.8) is 0 Å². The molecule has 0 fully saturated rings. The number of hydrogen-bond donors (Lipinski definition) is 0. The van der Waals surface area contributed by atoms with Crippen molar-refractivity contribution in [1.29, 1.82) is 0 Å². The number of hydrogen-bond acceptors (Lipinski definition) is 2. The molecule has 0 atom stereocenters. The van der Waals surface area contributed by atoms with Crippen LogP contribution in [-0.2, 0) is 13.0 Å². The lowest BCUT2D eigenvalue weighted by molar-refractivity contribution is 0.0994. The third-order valence-electron chi connectivity index (χ3n) is 3.97. The number of nitrogens with zero attached hydrogens (tertiary/aromatic N) is 2. The molecule has 1 heterocycles. The molecule has 25 heavy (non-hydrogen) atoms. The Labute approximate surface area is 150 Å². The molecule has 0 bridgehead atoms. The number of benzene rings is 2. The lowest BCUT2D eigenvalue weighted by atomic mass is 10.1. The van der Waals surface area contributed by atoms with Gasteiger partial charge in [-0.1, -0.05) is 49.4 Å². The highest BCUT2D eigenvalue weighted by atomic mass is 32.1. The van der Waals surface area contributed by atoms with E-state index in [9.17, 15) is 9.18 Å². The zero-order valence-corrected chi connectivity index (χ0v) is 15.0. The van der Waals surface area contributed by atoms with Gasteiger partial charge in [0, 0.05) is 11.4 Å². The second-order valence-corrected chi connectivity index (χ2v) is 6.58. The van der Waals surface area contributed by atoms with Crippen LogP contribution in [0.3, 0.4) is 0 Å². The number of thiazole rings is 1. The maximum absolute atomic E-state index is 13.9. The topological polar surface area (TPSA) is 34.4 Å². The van der Waals surface area contributed by atoms with Crippen LogP contribution in [0, 0.1) is 5.82 Å². The van der Waals surface area contributed by atoms with E-state index in [1.54, 1.807) is 12.1 Å². The van der Waals surface area contributed by atoms with E-state index in [1.807, 2.05) is 29.7 Å². The van der Waals surface area contributed by atoms with E-state index in [2.05, 4.69) is 24.0 Å². The molecule has 0 saturated carbocycles. The first kappa shape index (κ1) is 17.3. The second kappa shape index (κ2) is 7.57. The molecular weight excluding hydrogens is 335 g/mol. The van der Waals surface area contributed by atoms with Crippen molar-refractivity contribution >= 4 is 17.2 Å². The zero-order chi connectivity index (χ0) is 17.8. The summed E-state index contributed by atoms with van der Waals surface area (Å²) in [4.78, 5) is 18.4. The van der Waals surface area contributed by atoms with Crippen LogP contribution in [0.15, 0.2) is 59.6 Å². The summed E-state index contributed by atoms with van der Waals surface area (Å²) < 4.78 is 15.9. The quantitative estimate of drug-likeness (QED) is 0.670. The van der Waals surface area contributed by atoms with Gasteiger partial charge in [0.1, 0.15) is 5.82 Å². The Morgan fingerprint density at radius 1 is 1.08 bits per heavy atom. The van der Waals surface area contributed by atoms with Crippen molar-refractivity contribution in [2.45, 2.75) is 26.8 Å². The molecular formula is C20H19FN2OS. The Kier molecular flexibility index (Phi) is 5.24. The molecule has 5 heteroatoms. The fourth-order valence-corrected chi connectivity index (χ4v) is 3.92. The minimum absolute atomic E-state index is 0.00198.